The number of nitrogens with zero attached hydrogens (tertiary/aromatic N) is 2. The van der Waals surface area contributed by atoms with Crippen molar-refractivity contribution in [2.24, 2.45) is 7.05 Å². The number of carbonyl (C=O) groups is 1. The quantitative estimate of drug-likeness (QED) is 0.692. The van der Waals surface area contributed by atoms with Crippen molar-refractivity contribution in [1.82, 2.24) is 9.78 Å². The van der Waals surface area contributed by atoms with Crippen LogP contribution in [0.4, 0.5) is 5.69 Å². The van der Waals surface area contributed by atoms with Crippen molar-refractivity contribution in [3.8, 4) is 5.75 Å². The summed E-state index contributed by atoms with van der Waals surface area (Å²) in [5.74, 6) is -0.00235. The molecule has 2 rings (SSSR count). The topological polar surface area (TPSA) is 79.4 Å². The van der Waals surface area contributed by atoms with Gasteiger partial charge in [-0.2, -0.15) is 5.10 Å². The second kappa shape index (κ2) is 6.05. The van der Waals surface area contributed by atoms with E-state index in [1.54, 1.807) is 26.1 Å². The monoisotopic (exact) mass is 309 g/mol. The van der Waals surface area contributed by atoms with E-state index in [0.29, 0.717) is 27.8 Å². The number of ether oxygens (including phenoxy) is 2. The Kier molecular flexibility index (Phi) is 4.37. The molecule has 2 N–H and O–H groups in total. The number of methoxy groups -OCH3 is 1. The van der Waals surface area contributed by atoms with Crippen LogP contribution in [-0.2, 0) is 18.4 Å². The summed E-state index contributed by atoms with van der Waals surface area (Å²) in [6, 6.07) is 4.81. The molecule has 6 nitrogen and oxygen atoms in total. The second-order valence-electron chi connectivity index (χ2n) is 4.51. The highest BCUT2D eigenvalue weighted by Gasteiger charge is 2.16. The van der Waals surface area contributed by atoms with E-state index in [2.05, 4.69) is 5.10 Å². The van der Waals surface area contributed by atoms with E-state index in [1.807, 2.05) is 0 Å². The summed E-state index contributed by atoms with van der Waals surface area (Å²) in [6.07, 6.45) is 0. The Balaban J connectivity index is 2.15. The lowest BCUT2D eigenvalue weighted by atomic mass is 10.1. The number of esters is 1. The first-order valence-corrected chi connectivity index (χ1v) is 6.60. The van der Waals surface area contributed by atoms with Crippen molar-refractivity contribution in [2.75, 3.05) is 12.8 Å². The molecule has 0 aliphatic heterocycles. The largest absolute Gasteiger partial charge is 0.497 e. The second-order valence-corrected chi connectivity index (χ2v) is 4.87. The highest BCUT2D eigenvalue weighted by molar-refractivity contribution is 6.30. The lowest BCUT2D eigenvalue weighted by Gasteiger charge is -2.08. The van der Waals surface area contributed by atoms with Crippen LogP contribution in [0, 0.1) is 6.92 Å². The van der Waals surface area contributed by atoms with E-state index in [0.717, 1.165) is 0 Å². The first-order chi connectivity index (χ1) is 9.93. The molecule has 0 unspecified atom stereocenters. The summed E-state index contributed by atoms with van der Waals surface area (Å²) in [7, 11) is 3.24. The Morgan fingerprint density at radius 3 is 2.76 bits per heavy atom. The molecule has 1 aromatic carbocycles. The number of nitrogens with two attached hydrogens (primary N) is 1. The molecular formula is C14H16ClN3O3. The third kappa shape index (κ3) is 3.11. The zero-order chi connectivity index (χ0) is 15.6. The van der Waals surface area contributed by atoms with Crippen LogP contribution in [0.3, 0.4) is 0 Å². The zero-order valence-electron chi connectivity index (χ0n) is 12.0. The van der Waals surface area contributed by atoms with Gasteiger partial charge in [0.2, 0.25) is 0 Å². The Morgan fingerprint density at radius 2 is 2.19 bits per heavy atom. The molecule has 7 heteroatoms. The summed E-state index contributed by atoms with van der Waals surface area (Å²) in [4.78, 5) is 12.1. The van der Waals surface area contributed by atoms with Gasteiger partial charge in [0.15, 0.2) is 0 Å². The number of aromatic nitrogens is 2. The lowest BCUT2D eigenvalue weighted by Crippen LogP contribution is -2.09. The maximum absolute atomic E-state index is 12.1. The standard InChI is InChI=1S/C14H16ClN3O3/c1-8-11(13(15)18(2)17-8)7-21-14(19)10-6-9(20-3)4-5-12(10)16/h4-6H,7,16H2,1-3H3. The smallest absolute Gasteiger partial charge is 0.340 e. The fourth-order valence-electron chi connectivity index (χ4n) is 1.89. The van der Waals surface area contributed by atoms with Crippen LogP contribution in [0.25, 0.3) is 0 Å². The maximum atomic E-state index is 12.1. The molecule has 2 aromatic rings. The van der Waals surface area contributed by atoms with Gasteiger partial charge in [0.1, 0.15) is 17.5 Å². The summed E-state index contributed by atoms with van der Waals surface area (Å²) in [5, 5.41) is 4.60. The summed E-state index contributed by atoms with van der Waals surface area (Å²) < 4.78 is 11.9. The van der Waals surface area contributed by atoms with Crippen molar-refractivity contribution in [3.05, 3.63) is 40.2 Å². The number of hydrogen-bond acceptors (Lipinski definition) is 5. The normalized spacial score (nSPS) is 10.5. The molecule has 21 heavy (non-hydrogen) atoms. The Bertz CT molecular complexity index is 682. The molecule has 1 heterocycles. The number of nitrogen functional groups attached to an aromatic ring is 1. The molecule has 0 radical (unpaired) electrons. The van der Waals surface area contributed by atoms with E-state index >= 15 is 0 Å². The molecule has 0 spiro atoms. The molecule has 112 valence electrons. The molecule has 0 fully saturated rings. The zero-order valence-corrected chi connectivity index (χ0v) is 12.8. The first kappa shape index (κ1) is 15.2. The molecule has 0 atom stereocenters. The third-order valence-corrected chi connectivity index (χ3v) is 3.57. The predicted octanol–water partition coefficient (Wildman–Crippen LogP) is 2.33. The minimum Gasteiger partial charge on any atom is -0.497 e. The number of rotatable bonds is 4. The highest BCUT2D eigenvalue weighted by Crippen LogP contribution is 2.23. The van der Waals surface area contributed by atoms with Crippen LogP contribution >= 0.6 is 11.6 Å². The van der Waals surface area contributed by atoms with E-state index in [4.69, 9.17) is 26.8 Å². The van der Waals surface area contributed by atoms with Crippen molar-refractivity contribution in [3.63, 3.8) is 0 Å². The van der Waals surface area contributed by atoms with Gasteiger partial charge in [0.25, 0.3) is 0 Å². The number of halogens is 1. The predicted molar refractivity (Wildman–Crippen MR) is 79.5 cm³/mol. The van der Waals surface area contributed by atoms with Gasteiger partial charge < -0.3 is 15.2 Å². The van der Waals surface area contributed by atoms with Gasteiger partial charge in [-0.05, 0) is 25.1 Å². The molecule has 0 saturated heterocycles. The van der Waals surface area contributed by atoms with Gasteiger partial charge >= 0.3 is 5.97 Å². The summed E-state index contributed by atoms with van der Waals surface area (Å²) in [5.41, 5.74) is 7.76. The average Bonchev–Trinajstić information content (AvgIpc) is 2.70. The first-order valence-electron chi connectivity index (χ1n) is 6.22. The Labute approximate surface area is 127 Å². The van der Waals surface area contributed by atoms with E-state index in [9.17, 15) is 4.79 Å². The number of carbonyl (C=O) groups excluding carboxylic acids is 1. The van der Waals surface area contributed by atoms with Gasteiger partial charge in [-0.1, -0.05) is 11.6 Å². The minimum absolute atomic E-state index is 0.0357. The van der Waals surface area contributed by atoms with Crippen molar-refractivity contribution in [1.29, 1.82) is 0 Å². The Hall–Kier alpha value is -2.21. The average molecular weight is 310 g/mol. The number of benzene rings is 1. The highest BCUT2D eigenvalue weighted by atomic mass is 35.5. The molecular weight excluding hydrogens is 294 g/mol. The minimum atomic E-state index is -0.536. The molecule has 1 aromatic heterocycles. The van der Waals surface area contributed by atoms with Crippen LogP contribution in [0.15, 0.2) is 18.2 Å². The van der Waals surface area contributed by atoms with Crippen LogP contribution in [0.1, 0.15) is 21.6 Å². The number of aryl methyl sites for hydroxylation is 2. The Morgan fingerprint density at radius 1 is 1.48 bits per heavy atom. The molecule has 0 saturated carbocycles. The third-order valence-electron chi connectivity index (χ3n) is 3.10. The summed E-state index contributed by atoms with van der Waals surface area (Å²) >= 11 is 6.09. The molecule has 0 bridgehead atoms. The van der Waals surface area contributed by atoms with Gasteiger partial charge in [-0.3, -0.25) is 4.68 Å². The van der Waals surface area contributed by atoms with Crippen molar-refractivity contribution >= 4 is 23.3 Å². The lowest BCUT2D eigenvalue weighted by molar-refractivity contribution is 0.0473. The van der Waals surface area contributed by atoms with Gasteiger partial charge in [-0.25, -0.2) is 4.79 Å². The van der Waals surface area contributed by atoms with Crippen molar-refractivity contribution in [2.45, 2.75) is 13.5 Å². The number of hydrogen-bond donors (Lipinski definition) is 1. The van der Waals surface area contributed by atoms with Crippen LogP contribution in [0.5, 0.6) is 5.75 Å². The van der Waals surface area contributed by atoms with Crippen LogP contribution < -0.4 is 10.5 Å². The fraction of sp³-hybridized carbons (Fsp3) is 0.286. The van der Waals surface area contributed by atoms with Crippen molar-refractivity contribution < 1.29 is 14.3 Å². The van der Waals surface area contributed by atoms with E-state index < -0.39 is 5.97 Å². The van der Waals surface area contributed by atoms with Gasteiger partial charge in [0, 0.05) is 18.3 Å². The van der Waals surface area contributed by atoms with E-state index in [-0.39, 0.29) is 12.2 Å². The summed E-state index contributed by atoms with van der Waals surface area (Å²) in [6.45, 7) is 1.84. The number of anilines is 1. The van der Waals surface area contributed by atoms with Crippen LogP contribution in [-0.4, -0.2) is 22.9 Å². The molecule has 0 amide bonds. The maximum Gasteiger partial charge on any atom is 0.340 e. The van der Waals surface area contributed by atoms with E-state index in [1.165, 1.54) is 17.9 Å². The molecule has 0 aliphatic carbocycles. The molecule has 0 aliphatic rings. The van der Waals surface area contributed by atoms with Gasteiger partial charge in [-0.15, -0.1) is 0 Å². The SMILES string of the molecule is COc1ccc(N)c(C(=O)OCc2c(C)nn(C)c2Cl)c1. The van der Waals surface area contributed by atoms with Gasteiger partial charge in [0.05, 0.1) is 18.4 Å². The van der Waals surface area contributed by atoms with Crippen LogP contribution in [0.2, 0.25) is 5.15 Å². The fourth-order valence-corrected chi connectivity index (χ4v) is 2.12.